The van der Waals surface area contributed by atoms with Crippen LogP contribution < -0.4 is 16.0 Å². The molecular formula is C16H28Cl2N4O. The monoisotopic (exact) mass is 362 g/mol. The molecule has 1 heterocycles. The summed E-state index contributed by atoms with van der Waals surface area (Å²) < 4.78 is 0. The van der Waals surface area contributed by atoms with E-state index in [1.807, 2.05) is 12.1 Å². The van der Waals surface area contributed by atoms with Crippen LogP contribution in [0.5, 0.6) is 0 Å². The number of aromatic nitrogens is 1. The fourth-order valence-electron chi connectivity index (χ4n) is 2.86. The first-order valence-electron chi connectivity index (χ1n) is 7.90. The Balaban J connectivity index is 0.00000242. The van der Waals surface area contributed by atoms with Gasteiger partial charge in [0, 0.05) is 13.1 Å². The van der Waals surface area contributed by atoms with Gasteiger partial charge in [-0.3, -0.25) is 4.79 Å². The van der Waals surface area contributed by atoms with E-state index >= 15 is 0 Å². The van der Waals surface area contributed by atoms with Gasteiger partial charge in [0.2, 0.25) is 5.91 Å². The van der Waals surface area contributed by atoms with Crippen molar-refractivity contribution in [2.45, 2.75) is 51.5 Å². The quantitative estimate of drug-likeness (QED) is 0.841. The summed E-state index contributed by atoms with van der Waals surface area (Å²) >= 11 is 0. The summed E-state index contributed by atoms with van der Waals surface area (Å²) in [4.78, 5) is 18.9. The van der Waals surface area contributed by atoms with Crippen LogP contribution >= 0.6 is 24.8 Å². The van der Waals surface area contributed by atoms with E-state index in [4.69, 9.17) is 5.73 Å². The van der Waals surface area contributed by atoms with Crippen molar-refractivity contribution in [1.82, 2.24) is 4.98 Å². The number of carbonyl (C=O) groups is 1. The summed E-state index contributed by atoms with van der Waals surface area (Å²) in [6, 6.07) is 3.83. The molecule has 132 valence electrons. The largest absolute Gasteiger partial charge is 0.357 e. The highest BCUT2D eigenvalue weighted by atomic mass is 35.5. The van der Waals surface area contributed by atoms with E-state index in [1.165, 1.54) is 6.42 Å². The van der Waals surface area contributed by atoms with Crippen LogP contribution in [0.4, 0.5) is 11.5 Å². The van der Waals surface area contributed by atoms with Gasteiger partial charge in [-0.2, -0.15) is 0 Å². The summed E-state index contributed by atoms with van der Waals surface area (Å²) in [6.07, 6.45) is 6.48. The highest BCUT2D eigenvalue weighted by Gasteiger charge is 2.35. The molecule has 1 amide bonds. The lowest BCUT2D eigenvalue weighted by atomic mass is 9.82. The van der Waals surface area contributed by atoms with Crippen molar-refractivity contribution in [2.24, 2.45) is 5.73 Å². The molecule has 1 saturated carbocycles. The number of hydrogen-bond donors (Lipinski definition) is 2. The zero-order valence-electron chi connectivity index (χ0n) is 13.9. The van der Waals surface area contributed by atoms with E-state index in [-0.39, 0.29) is 30.7 Å². The molecule has 1 fully saturated rings. The first-order valence-corrected chi connectivity index (χ1v) is 7.90. The van der Waals surface area contributed by atoms with Gasteiger partial charge in [0.25, 0.3) is 0 Å². The lowest BCUT2D eigenvalue weighted by molar-refractivity contribution is -0.122. The van der Waals surface area contributed by atoms with E-state index in [0.717, 1.165) is 44.6 Å². The minimum Gasteiger partial charge on any atom is -0.357 e. The molecule has 0 bridgehead atoms. The molecule has 0 radical (unpaired) electrons. The van der Waals surface area contributed by atoms with Crippen LogP contribution in [-0.2, 0) is 4.79 Å². The summed E-state index contributed by atoms with van der Waals surface area (Å²) in [6.45, 7) is 6.03. The molecule has 7 heteroatoms. The predicted molar refractivity (Wildman–Crippen MR) is 101 cm³/mol. The number of nitrogens with zero attached hydrogens (tertiary/aromatic N) is 2. The molecule has 5 nitrogen and oxygen atoms in total. The molecule has 0 unspecified atom stereocenters. The Labute approximate surface area is 151 Å². The van der Waals surface area contributed by atoms with E-state index in [0.29, 0.717) is 5.69 Å². The van der Waals surface area contributed by atoms with Gasteiger partial charge in [-0.1, -0.05) is 19.3 Å². The fourth-order valence-corrected chi connectivity index (χ4v) is 2.86. The van der Waals surface area contributed by atoms with Crippen LogP contribution in [0.25, 0.3) is 0 Å². The summed E-state index contributed by atoms with van der Waals surface area (Å²) in [5.41, 5.74) is 6.23. The van der Waals surface area contributed by atoms with Gasteiger partial charge in [0.15, 0.2) is 0 Å². The third-order valence-corrected chi connectivity index (χ3v) is 4.29. The fraction of sp³-hybridized carbons (Fsp3) is 0.625. The molecule has 1 aromatic rings. The molecule has 0 aromatic carbocycles. The lowest BCUT2D eigenvalue weighted by Gasteiger charge is -2.31. The highest BCUT2D eigenvalue weighted by Crippen LogP contribution is 2.27. The Morgan fingerprint density at radius 1 is 1.22 bits per heavy atom. The second-order valence-corrected chi connectivity index (χ2v) is 5.75. The Morgan fingerprint density at radius 3 is 2.30 bits per heavy atom. The van der Waals surface area contributed by atoms with Gasteiger partial charge in [-0.15, -0.1) is 24.8 Å². The van der Waals surface area contributed by atoms with Crippen molar-refractivity contribution in [3.63, 3.8) is 0 Å². The maximum atomic E-state index is 12.3. The summed E-state index contributed by atoms with van der Waals surface area (Å²) in [5, 5.41) is 2.91. The summed E-state index contributed by atoms with van der Waals surface area (Å²) in [5.74, 6) is 0.845. The minimum absolute atomic E-state index is 0. The molecule has 0 aliphatic heterocycles. The van der Waals surface area contributed by atoms with Crippen molar-refractivity contribution in [3.8, 4) is 0 Å². The normalized spacial score (nSPS) is 15.8. The van der Waals surface area contributed by atoms with Crippen LogP contribution in [0.3, 0.4) is 0 Å². The van der Waals surface area contributed by atoms with Crippen molar-refractivity contribution in [1.29, 1.82) is 0 Å². The molecule has 1 aliphatic carbocycles. The number of nitrogens with one attached hydrogen (secondary N) is 1. The lowest BCUT2D eigenvalue weighted by Crippen LogP contribution is -2.52. The van der Waals surface area contributed by atoms with Crippen LogP contribution in [0.15, 0.2) is 18.3 Å². The molecule has 0 atom stereocenters. The standard InChI is InChI=1S/C16H26N4O.2ClH/c1-3-20(4-2)14-9-8-13(12-18-14)19-15(21)16(17)10-6-5-7-11-16;;/h8-9,12H,3-7,10-11,17H2,1-2H3,(H,19,21);2*1H. The average Bonchev–Trinajstić information content (AvgIpc) is 2.51. The Morgan fingerprint density at radius 2 is 1.83 bits per heavy atom. The van der Waals surface area contributed by atoms with E-state index < -0.39 is 5.54 Å². The van der Waals surface area contributed by atoms with Crippen molar-refractivity contribution >= 4 is 42.2 Å². The van der Waals surface area contributed by atoms with Crippen molar-refractivity contribution < 1.29 is 4.79 Å². The van der Waals surface area contributed by atoms with Gasteiger partial charge in [0.1, 0.15) is 5.82 Å². The SMILES string of the molecule is CCN(CC)c1ccc(NC(=O)C2(N)CCCCC2)cn1.Cl.Cl. The second-order valence-electron chi connectivity index (χ2n) is 5.75. The van der Waals surface area contributed by atoms with Gasteiger partial charge >= 0.3 is 0 Å². The molecule has 1 aliphatic rings. The van der Waals surface area contributed by atoms with Gasteiger partial charge in [-0.25, -0.2) is 4.98 Å². The molecular weight excluding hydrogens is 335 g/mol. The first-order chi connectivity index (χ1) is 10.1. The topological polar surface area (TPSA) is 71.2 Å². The maximum Gasteiger partial charge on any atom is 0.244 e. The third kappa shape index (κ3) is 5.52. The number of anilines is 2. The number of carbonyl (C=O) groups excluding carboxylic acids is 1. The molecule has 0 spiro atoms. The van der Waals surface area contributed by atoms with Crippen LogP contribution in [-0.4, -0.2) is 29.5 Å². The van der Waals surface area contributed by atoms with Crippen LogP contribution in [0.1, 0.15) is 46.0 Å². The maximum absolute atomic E-state index is 12.3. The zero-order chi connectivity index (χ0) is 15.3. The smallest absolute Gasteiger partial charge is 0.244 e. The zero-order valence-corrected chi connectivity index (χ0v) is 15.5. The van der Waals surface area contributed by atoms with Crippen molar-refractivity contribution in [2.75, 3.05) is 23.3 Å². The minimum atomic E-state index is -0.713. The Bertz CT molecular complexity index is 471. The van der Waals surface area contributed by atoms with Gasteiger partial charge in [-0.05, 0) is 38.8 Å². The Kier molecular flexibility index (Phi) is 9.51. The van der Waals surface area contributed by atoms with Crippen LogP contribution in [0.2, 0.25) is 0 Å². The average molecular weight is 363 g/mol. The van der Waals surface area contributed by atoms with Crippen molar-refractivity contribution in [3.05, 3.63) is 18.3 Å². The molecule has 23 heavy (non-hydrogen) atoms. The van der Waals surface area contributed by atoms with Gasteiger partial charge in [0.05, 0.1) is 17.4 Å². The second kappa shape index (κ2) is 9.96. The number of nitrogens with two attached hydrogens (primary N) is 1. The first kappa shape index (κ1) is 22.0. The van der Waals surface area contributed by atoms with Gasteiger partial charge < -0.3 is 16.0 Å². The number of hydrogen-bond acceptors (Lipinski definition) is 4. The Hall–Kier alpha value is -1.04. The number of rotatable bonds is 5. The van der Waals surface area contributed by atoms with E-state index in [2.05, 4.69) is 29.0 Å². The van der Waals surface area contributed by atoms with Crippen LogP contribution in [0, 0.1) is 0 Å². The third-order valence-electron chi connectivity index (χ3n) is 4.29. The number of halogens is 2. The predicted octanol–water partition coefficient (Wildman–Crippen LogP) is 3.37. The molecule has 0 saturated heterocycles. The number of pyridine rings is 1. The van der Waals surface area contributed by atoms with E-state index in [9.17, 15) is 4.79 Å². The molecule has 1 aromatic heterocycles. The summed E-state index contributed by atoms with van der Waals surface area (Å²) in [7, 11) is 0. The molecule has 3 N–H and O–H groups in total. The highest BCUT2D eigenvalue weighted by molar-refractivity contribution is 5.97. The molecule has 2 rings (SSSR count). The number of amides is 1. The van der Waals surface area contributed by atoms with E-state index in [1.54, 1.807) is 6.20 Å².